The maximum absolute atomic E-state index is 12.4. The van der Waals surface area contributed by atoms with E-state index in [0.717, 1.165) is 28.1 Å². The van der Waals surface area contributed by atoms with Crippen molar-refractivity contribution < 1.29 is 9.59 Å². The zero-order valence-corrected chi connectivity index (χ0v) is 12.7. The van der Waals surface area contributed by atoms with Gasteiger partial charge in [0.05, 0.1) is 0 Å². The summed E-state index contributed by atoms with van der Waals surface area (Å²) in [4.78, 5) is 23.8. The van der Waals surface area contributed by atoms with Gasteiger partial charge in [-0.3, -0.25) is 9.59 Å². The standard InChI is InChI=1S/C18H18N2O2/c1-11-3-4-12(2)15(9-11)18(22)19-14-6-7-16-13(10-14)5-8-17(21)20-16/h3-4,6-7,9-10H,5,8H2,1-2H3,(H,19,22)(H,20,21). The van der Waals surface area contributed by atoms with Crippen LogP contribution in [-0.4, -0.2) is 11.8 Å². The molecule has 22 heavy (non-hydrogen) atoms. The van der Waals surface area contributed by atoms with Crippen LogP contribution in [0.3, 0.4) is 0 Å². The first kappa shape index (κ1) is 14.3. The molecule has 0 aromatic heterocycles. The maximum atomic E-state index is 12.4. The van der Waals surface area contributed by atoms with Crippen LogP contribution in [-0.2, 0) is 11.2 Å². The van der Waals surface area contributed by atoms with Crippen LogP contribution in [0.25, 0.3) is 0 Å². The lowest BCUT2D eigenvalue weighted by molar-refractivity contribution is -0.116. The van der Waals surface area contributed by atoms with Crippen LogP contribution < -0.4 is 10.6 Å². The van der Waals surface area contributed by atoms with Crippen LogP contribution in [0.2, 0.25) is 0 Å². The first-order chi connectivity index (χ1) is 10.5. The molecule has 2 N–H and O–H groups in total. The average Bonchev–Trinajstić information content (AvgIpc) is 2.49. The topological polar surface area (TPSA) is 58.2 Å². The molecule has 0 atom stereocenters. The number of anilines is 2. The molecule has 0 spiro atoms. The quantitative estimate of drug-likeness (QED) is 0.891. The van der Waals surface area contributed by atoms with Crippen molar-refractivity contribution >= 4 is 23.2 Å². The number of hydrogen-bond acceptors (Lipinski definition) is 2. The number of carbonyl (C=O) groups excluding carboxylic acids is 2. The Hall–Kier alpha value is -2.62. The SMILES string of the molecule is Cc1ccc(C)c(C(=O)Nc2ccc3c(c2)CCC(=O)N3)c1. The van der Waals surface area contributed by atoms with E-state index in [1.54, 1.807) is 0 Å². The Kier molecular flexibility index (Phi) is 3.67. The van der Waals surface area contributed by atoms with Gasteiger partial charge in [-0.1, -0.05) is 17.7 Å². The summed E-state index contributed by atoms with van der Waals surface area (Å²) in [5, 5.41) is 5.77. The van der Waals surface area contributed by atoms with Crippen molar-refractivity contribution in [2.75, 3.05) is 10.6 Å². The highest BCUT2D eigenvalue weighted by Crippen LogP contribution is 2.26. The molecule has 0 aliphatic carbocycles. The lowest BCUT2D eigenvalue weighted by Crippen LogP contribution is -2.19. The van der Waals surface area contributed by atoms with E-state index in [9.17, 15) is 9.59 Å². The summed E-state index contributed by atoms with van der Waals surface area (Å²) in [6.07, 6.45) is 1.19. The van der Waals surface area contributed by atoms with Gasteiger partial charge in [-0.05, 0) is 55.7 Å². The molecule has 0 fully saturated rings. The van der Waals surface area contributed by atoms with Crippen molar-refractivity contribution in [2.45, 2.75) is 26.7 Å². The fraction of sp³-hybridized carbons (Fsp3) is 0.222. The Morgan fingerprint density at radius 1 is 1.09 bits per heavy atom. The molecule has 4 heteroatoms. The largest absolute Gasteiger partial charge is 0.326 e. The molecule has 1 heterocycles. The summed E-state index contributed by atoms with van der Waals surface area (Å²) >= 11 is 0. The predicted octanol–water partition coefficient (Wildman–Crippen LogP) is 3.44. The van der Waals surface area contributed by atoms with Gasteiger partial charge in [0.1, 0.15) is 0 Å². The average molecular weight is 294 g/mol. The van der Waals surface area contributed by atoms with Gasteiger partial charge in [0, 0.05) is 23.4 Å². The molecule has 112 valence electrons. The molecular weight excluding hydrogens is 276 g/mol. The molecule has 3 rings (SSSR count). The van der Waals surface area contributed by atoms with Crippen LogP contribution in [0, 0.1) is 13.8 Å². The number of hydrogen-bond donors (Lipinski definition) is 2. The molecule has 0 saturated carbocycles. The Balaban J connectivity index is 1.83. The minimum absolute atomic E-state index is 0.0414. The number of benzene rings is 2. The summed E-state index contributed by atoms with van der Waals surface area (Å²) in [7, 11) is 0. The van der Waals surface area contributed by atoms with E-state index in [1.165, 1.54) is 0 Å². The molecule has 1 aliphatic heterocycles. The predicted molar refractivity (Wildman–Crippen MR) is 87.3 cm³/mol. The van der Waals surface area contributed by atoms with Crippen LogP contribution in [0.4, 0.5) is 11.4 Å². The van der Waals surface area contributed by atoms with Crippen molar-refractivity contribution in [3.05, 3.63) is 58.7 Å². The molecule has 1 aliphatic rings. The minimum Gasteiger partial charge on any atom is -0.326 e. The highest BCUT2D eigenvalue weighted by Gasteiger charge is 2.16. The van der Waals surface area contributed by atoms with Crippen molar-refractivity contribution in [1.29, 1.82) is 0 Å². The highest BCUT2D eigenvalue weighted by atomic mass is 16.2. The third-order valence-corrected chi connectivity index (χ3v) is 3.90. The van der Waals surface area contributed by atoms with Gasteiger partial charge in [-0.15, -0.1) is 0 Å². The van der Waals surface area contributed by atoms with Gasteiger partial charge in [-0.25, -0.2) is 0 Å². The number of amides is 2. The molecular formula is C18H18N2O2. The van der Waals surface area contributed by atoms with Gasteiger partial charge >= 0.3 is 0 Å². The van der Waals surface area contributed by atoms with E-state index in [-0.39, 0.29) is 11.8 Å². The second-order valence-corrected chi connectivity index (χ2v) is 5.69. The van der Waals surface area contributed by atoms with Gasteiger partial charge in [0.25, 0.3) is 5.91 Å². The lowest BCUT2D eigenvalue weighted by atomic mass is 10.0. The highest BCUT2D eigenvalue weighted by molar-refractivity contribution is 6.05. The maximum Gasteiger partial charge on any atom is 0.255 e. The molecule has 2 aromatic carbocycles. The van der Waals surface area contributed by atoms with E-state index >= 15 is 0 Å². The van der Waals surface area contributed by atoms with Gasteiger partial charge in [-0.2, -0.15) is 0 Å². The number of carbonyl (C=O) groups is 2. The summed E-state index contributed by atoms with van der Waals surface area (Å²) in [6, 6.07) is 11.4. The Bertz CT molecular complexity index is 766. The summed E-state index contributed by atoms with van der Waals surface area (Å²) in [6.45, 7) is 3.90. The third-order valence-electron chi connectivity index (χ3n) is 3.90. The fourth-order valence-electron chi connectivity index (χ4n) is 2.64. The molecule has 0 radical (unpaired) electrons. The monoisotopic (exact) mass is 294 g/mol. The number of nitrogens with one attached hydrogen (secondary N) is 2. The van der Waals surface area contributed by atoms with E-state index in [4.69, 9.17) is 0 Å². The summed E-state index contributed by atoms with van der Waals surface area (Å²) in [5.74, 6) is -0.0688. The van der Waals surface area contributed by atoms with Gasteiger partial charge < -0.3 is 10.6 Å². The molecule has 0 bridgehead atoms. The van der Waals surface area contributed by atoms with Crippen molar-refractivity contribution in [2.24, 2.45) is 0 Å². The smallest absolute Gasteiger partial charge is 0.255 e. The number of rotatable bonds is 2. The van der Waals surface area contributed by atoms with Gasteiger partial charge in [0.2, 0.25) is 5.91 Å². The second-order valence-electron chi connectivity index (χ2n) is 5.69. The molecule has 4 nitrogen and oxygen atoms in total. The number of fused-ring (bicyclic) bond motifs is 1. The van der Waals surface area contributed by atoms with E-state index in [0.29, 0.717) is 18.4 Å². The van der Waals surface area contributed by atoms with Gasteiger partial charge in [0.15, 0.2) is 0 Å². The normalized spacial score (nSPS) is 13.3. The Morgan fingerprint density at radius 2 is 1.91 bits per heavy atom. The fourth-order valence-corrected chi connectivity index (χ4v) is 2.64. The Morgan fingerprint density at radius 3 is 2.73 bits per heavy atom. The van der Waals surface area contributed by atoms with Crippen molar-refractivity contribution in [3.63, 3.8) is 0 Å². The molecule has 0 saturated heterocycles. The second kappa shape index (κ2) is 5.64. The Labute approximate surface area is 129 Å². The van der Waals surface area contributed by atoms with E-state index in [1.807, 2.05) is 50.2 Å². The third kappa shape index (κ3) is 2.86. The van der Waals surface area contributed by atoms with E-state index < -0.39 is 0 Å². The van der Waals surface area contributed by atoms with Crippen LogP contribution in [0.5, 0.6) is 0 Å². The lowest BCUT2D eigenvalue weighted by Gasteiger charge is -2.18. The van der Waals surface area contributed by atoms with Crippen molar-refractivity contribution in [3.8, 4) is 0 Å². The summed E-state index contributed by atoms with van der Waals surface area (Å²) < 4.78 is 0. The minimum atomic E-state index is -0.110. The first-order valence-corrected chi connectivity index (χ1v) is 7.34. The molecule has 2 aromatic rings. The van der Waals surface area contributed by atoms with Crippen LogP contribution in [0.15, 0.2) is 36.4 Å². The van der Waals surface area contributed by atoms with E-state index in [2.05, 4.69) is 10.6 Å². The molecule has 2 amide bonds. The van der Waals surface area contributed by atoms with Crippen LogP contribution in [0.1, 0.15) is 33.5 Å². The van der Waals surface area contributed by atoms with Crippen LogP contribution >= 0.6 is 0 Å². The zero-order valence-electron chi connectivity index (χ0n) is 12.7. The summed E-state index contributed by atoms with van der Waals surface area (Å²) in [5.41, 5.74) is 5.34. The first-order valence-electron chi connectivity index (χ1n) is 7.34. The molecule has 0 unspecified atom stereocenters. The van der Waals surface area contributed by atoms with Crippen molar-refractivity contribution in [1.82, 2.24) is 0 Å². The number of aryl methyl sites for hydroxylation is 3. The zero-order chi connectivity index (χ0) is 15.7.